The van der Waals surface area contributed by atoms with Crippen molar-refractivity contribution in [1.29, 1.82) is 0 Å². The van der Waals surface area contributed by atoms with Crippen molar-refractivity contribution in [1.82, 2.24) is 9.66 Å². The number of aromatic nitrogens is 2. The Labute approximate surface area is 272 Å². The van der Waals surface area contributed by atoms with Gasteiger partial charge in [0.15, 0.2) is 17.3 Å². The molecule has 0 fully saturated rings. The highest BCUT2D eigenvalue weighted by Gasteiger charge is 2.20. The molecule has 0 aliphatic heterocycles. The highest BCUT2D eigenvalue weighted by molar-refractivity contribution is 9.10. The lowest BCUT2D eigenvalue weighted by Crippen LogP contribution is -2.20. The van der Waals surface area contributed by atoms with Crippen molar-refractivity contribution < 1.29 is 13.9 Å². The number of nitrogens with zero attached hydrogens (tertiary/aromatic N) is 3. The molecule has 0 aliphatic carbocycles. The maximum atomic E-state index is 13.7. The van der Waals surface area contributed by atoms with Crippen LogP contribution < -0.4 is 15.0 Å². The van der Waals surface area contributed by atoms with Crippen LogP contribution in [0.15, 0.2) is 102 Å². The lowest BCUT2D eigenvalue weighted by Gasteiger charge is -2.16. The molecule has 0 saturated heterocycles. The van der Waals surface area contributed by atoms with Gasteiger partial charge in [-0.1, -0.05) is 63.4 Å². The van der Waals surface area contributed by atoms with Crippen LogP contribution >= 0.6 is 55.1 Å². The molecule has 0 N–H and O–H groups in total. The molecule has 2 aromatic heterocycles. The molecular formula is C32H21Br2Cl2N3O4. The first kappa shape index (κ1) is 29.4. The van der Waals surface area contributed by atoms with Gasteiger partial charge in [-0.05, 0) is 83.0 Å². The van der Waals surface area contributed by atoms with Gasteiger partial charge in [0, 0.05) is 24.9 Å². The van der Waals surface area contributed by atoms with Crippen molar-refractivity contribution in [2.75, 3.05) is 6.61 Å². The number of halogens is 4. The van der Waals surface area contributed by atoms with Gasteiger partial charge < -0.3 is 13.9 Å². The average Bonchev–Trinajstić information content (AvgIpc) is 3.43. The van der Waals surface area contributed by atoms with Crippen molar-refractivity contribution in [3.05, 3.63) is 119 Å². The molecule has 6 rings (SSSR count). The largest absolute Gasteiger partial charge is 0.490 e. The zero-order valence-electron chi connectivity index (χ0n) is 22.5. The van der Waals surface area contributed by atoms with Crippen LogP contribution in [0.2, 0.25) is 10.0 Å². The van der Waals surface area contributed by atoms with Gasteiger partial charge in [-0.15, -0.1) is 0 Å². The number of furan rings is 1. The maximum absolute atomic E-state index is 13.7. The molecule has 0 aliphatic rings. The summed E-state index contributed by atoms with van der Waals surface area (Å²) >= 11 is 19.8. The number of rotatable bonds is 8. The normalized spacial score (nSPS) is 11.6. The molecule has 0 atom stereocenters. The molecule has 0 bridgehead atoms. The third kappa shape index (κ3) is 6.08. The minimum absolute atomic E-state index is 0.252. The molecule has 43 heavy (non-hydrogen) atoms. The molecule has 7 nitrogen and oxygen atoms in total. The Bertz CT molecular complexity index is 2070. The van der Waals surface area contributed by atoms with E-state index in [2.05, 4.69) is 37.0 Å². The monoisotopic (exact) mass is 739 g/mol. The molecule has 216 valence electrons. The topological polar surface area (TPSA) is 78.9 Å². The third-order valence-electron chi connectivity index (χ3n) is 6.52. The van der Waals surface area contributed by atoms with Crippen molar-refractivity contribution >= 4 is 83.1 Å². The van der Waals surface area contributed by atoms with Gasteiger partial charge in [0.1, 0.15) is 17.2 Å². The van der Waals surface area contributed by atoms with Gasteiger partial charge in [-0.3, -0.25) is 4.79 Å². The minimum atomic E-state index is -0.353. The fourth-order valence-corrected chi connectivity index (χ4v) is 5.63. The number of ether oxygens (including phenoxy) is 2. The SMILES string of the molecule is CCOc1cc(C=Nn2c(-c3cc4cc(Br)ccc4o3)nc3ccccc3c2=O)c(Br)c(Cl)c1OCc1ccc(Cl)cc1. The fourth-order valence-electron chi connectivity index (χ4n) is 4.47. The smallest absolute Gasteiger partial charge is 0.282 e. The van der Waals surface area contributed by atoms with E-state index in [1.54, 1.807) is 36.4 Å². The highest BCUT2D eigenvalue weighted by Crippen LogP contribution is 2.43. The second-order valence-electron chi connectivity index (χ2n) is 9.38. The Balaban J connectivity index is 1.43. The van der Waals surface area contributed by atoms with Crippen LogP contribution in [0, 0.1) is 0 Å². The second kappa shape index (κ2) is 12.5. The van der Waals surface area contributed by atoms with Crippen LogP contribution in [0.5, 0.6) is 11.5 Å². The molecule has 0 saturated carbocycles. The van der Waals surface area contributed by atoms with Gasteiger partial charge in [-0.25, -0.2) is 4.98 Å². The molecule has 2 heterocycles. The first-order valence-corrected chi connectivity index (χ1v) is 15.4. The zero-order valence-corrected chi connectivity index (χ0v) is 27.2. The lowest BCUT2D eigenvalue weighted by molar-refractivity contribution is 0.269. The molecular weight excluding hydrogens is 721 g/mol. The van der Waals surface area contributed by atoms with Crippen LogP contribution in [0.4, 0.5) is 0 Å². The molecule has 11 heteroatoms. The first-order chi connectivity index (χ1) is 20.8. The van der Waals surface area contributed by atoms with E-state index in [4.69, 9.17) is 42.1 Å². The highest BCUT2D eigenvalue weighted by atomic mass is 79.9. The first-order valence-electron chi connectivity index (χ1n) is 13.1. The Morgan fingerprint density at radius 3 is 2.58 bits per heavy atom. The van der Waals surface area contributed by atoms with E-state index in [1.807, 2.05) is 49.4 Å². The number of para-hydroxylation sites is 1. The second-order valence-corrected chi connectivity index (χ2v) is 11.9. The number of hydrogen-bond acceptors (Lipinski definition) is 6. The van der Waals surface area contributed by atoms with E-state index in [1.165, 1.54) is 10.9 Å². The average molecular weight is 742 g/mol. The zero-order chi connectivity index (χ0) is 30.1. The van der Waals surface area contributed by atoms with Gasteiger partial charge in [0.25, 0.3) is 5.56 Å². The Morgan fingerprint density at radius 1 is 1.00 bits per heavy atom. The van der Waals surface area contributed by atoms with Gasteiger partial charge in [-0.2, -0.15) is 9.78 Å². The predicted molar refractivity (Wildman–Crippen MR) is 178 cm³/mol. The standard InChI is InChI=1S/C32H21Br2Cl2N3O4/c1-2-41-26-15-20(28(34)29(36)30(26)42-17-18-7-10-22(35)11-8-18)16-37-39-31(38-24-6-4-3-5-23(24)32(39)40)27-14-19-13-21(33)9-12-25(19)43-27/h3-16H,2,17H2,1H3. The van der Waals surface area contributed by atoms with E-state index in [0.717, 1.165) is 15.4 Å². The summed E-state index contributed by atoms with van der Waals surface area (Å²) in [5, 5.41) is 6.78. The number of fused-ring (bicyclic) bond motifs is 2. The summed E-state index contributed by atoms with van der Waals surface area (Å²) < 4.78 is 20.7. The summed E-state index contributed by atoms with van der Waals surface area (Å²) in [5.41, 5.74) is 2.31. The van der Waals surface area contributed by atoms with Crippen LogP contribution in [-0.2, 0) is 6.61 Å². The summed E-state index contributed by atoms with van der Waals surface area (Å²) in [7, 11) is 0. The van der Waals surface area contributed by atoms with E-state index in [0.29, 0.717) is 60.4 Å². The molecule has 4 aromatic carbocycles. The third-order valence-corrected chi connectivity index (χ3v) is 8.71. The summed E-state index contributed by atoms with van der Waals surface area (Å²) in [5.74, 6) is 1.45. The van der Waals surface area contributed by atoms with Gasteiger partial charge in [0.2, 0.25) is 5.82 Å². The Kier molecular flexibility index (Phi) is 8.59. The van der Waals surface area contributed by atoms with Crippen molar-refractivity contribution in [3.63, 3.8) is 0 Å². The molecule has 0 spiro atoms. The van der Waals surface area contributed by atoms with E-state index in [-0.39, 0.29) is 18.0 Å². The number of hydrogen-bond donors (Lipinski definition) is 0. The van der Waals surface area contributed by atoms with Crippen LogP contribution in [0.25, 0.3) is 33.5 Å². The summed E-state index contributed by atoms with van der Waals surface area (Å²) in [4.78, 5) is 18.4. The van der Waals surface area contributed by atoms with E-state index >= 15 is 0 Å². The quantitative estimate of drug-likeness (QED) is 0.145. The fraction of sp³-hybridized carbons (Fsp3) is 0.0938. The summed E-state index contributed by atoms with van der Waals surface area (Å²) in [6.45, 7) is 2.50. The van der Waals surface area contributed by atoms with Gasteiger partial charge >= 0.3 is 0 Å². The van der Waals surface area contributed by atoms with Crippen LogP contribution in [-0.4, -0.2) is 22.5 Å². The summed E-state index contributed by atoms with van der Waals surface area (Å²) in [6.07, 6.45) is 1.52. The van der Waals surface area contributed by atoms with E-state index in [9.17, 15) is 4.79 Å². The number of benzene rings is 4. The Hall–Kier alpha value is -3.63. The van der Waals surface area contributed by atoms with E-state index < -0.39 is 0 Å². The van der Waals surface area contributed by atoms with Crippen molar-refractivity contribution in [2.24, 2.45) is 5.10 Å². The lowest BCUT2D eigenvalue weighted by atomic mass is 10.2. The molecule has 0 radical (unpaired) electrons. The van der Waals surface area contributed by atoms with Crippen LogP contribution in [0.3, 0.4) is 0 Å². The summed E-state index contributed by atoms with van der Waals surface area (Å²) in [6, 6.07) is 23.7. The molecule has 0 amide bonds. The maximum Gasteiger partial charge on any atom is 0.282 e. The molecule has 0 unspecified atom stereocenters. The van der Waals surface area contributed by atoms with Crippen molar-refractivity contribution in [2.45, 2.75) is 13.5 Å². The van der Waals surface area contributed by atoms with Crippen LogP contribution in [0.1, 0.15) is 18.1 Å². The minimum Gasteiger partial charge on any atom is -0.490 e. The predicted octanol–water partition coefficient (Wildman–Crippen LogP) is 9.50. The Morgan fingerprint density at radius 2 is 1.79 bits per heavy atom. The van der Waals surface area contributed by atoms with Crippen molar-refractivity contribution in [3.8, 4) is 23.1 Å². The molecule has 6 aromatic rings. The van der Waals surface area contributed by atoms with Gasteiger partial charge in [0.05, 0.1) is 23.7 Å².